The van der Waals surface area contributed by atoms with Crippen molar-refractivity contribution in [2.24, 2.45) is 5.73 Å². The monoisotopic (exact) mass is 494 g/mol. The normalized spacial score (nSPS) is 11.3. The number of phenols is 1. The van der Waals surface area contributed by atoms with Gasteiger partial charge in [0.2, 0.25) is 0 Å². The van der Waals surface area contributed by atoms with Gasteiger partial charge in [0, 0.05) is 40.8 Å². The molecule has 1 atom stereocenters. The molecule has 188 valence electrons. The third-order valence-electron chi connectivity index (χ3n) is 5.16. The lowest BCUT2D eigenvalue weighted by atomic mass is 10.0. The number of nitrogens with zero attached hydrogens (tertiary/aromatic N) is 1. The van der Waals surface area contributed by atoms with Gasteiger partial charge in [-0.2, -0.15) is 0 Å². The Morgan fingerprint density at radius 1 is 1.19 bits per heavy atom. The molecule has 3 rings (SSSR count). The summed E-state index contributed by atoms with van der Waals surface area (Å²) in [5.41, 5.74) is 11.7. The first-order valence-corrected chi connectivity index (χ1v) is 11.1. The Morgan fingerprint density at radius 3 is 2.56 bits per heavy atom. The Kier molecular flexibility index (Phi) is 8.39. The zero-order valence-corrected chi connectivity index (χ0v) is 19.8. The summed E-state index contributed by atoms with van der Waals surface area (Å²) >= 11 is 0. The van der Waals surface area contributed by atoms with Gasteiger partial charge in [0.15, 0.2) is 11.6 Å². The first kappa shape index (κ1) is 25.9. The van der Waals surface area contributed by atoms with Crippen molar-refractivity contribution in [2.75, 3.05) is 11.9 Å². The van der Waals surface area contributed by atoms with Crippen molar-refractivity contribution in [3.05, 3.63) is 82.9 Å². The molecular weight excluding hydrogens is 467 g/mol. The molecule has 0 aliphatic carbocycles. The molecule has 0 spiro atoms. The number of rotatable bonds is 9. The molecular formula is C25H27FN6O4. The van der Waals surface area contributed by atoms with Crippen LogP contribution in [0.4, 0.5) is 10.1 Å². The largest absolute Gasteiger partial charge is 0.508 e. The number of ether oxygens (including phenoxy) is 1. The van der Waals surface area contributed by atoms with Crippen molar-refractivity contribution in [1.82, 2.24) is 15.8 Å². The van der Waals surface area contributed by atoms with Crippen LogP contribution in [0.25, 0.3) is 0 Å². The standard InChI is InChI=1S/C25H27FN6O4/c1-3-10-36-20-12-17(33)11-19(21(20)26)22(30-16-6-4-15(5-7-16)23(27)28)25(35)32-31-24(34)18-8-9-29-13-14(18)2/h4-9,11-13,22,30,33H,3,10H2,1-2H3,(H3,27,28)(H,31,34)(H,32,35). The number of phenolic OH excluding ortho intramolecular Hbond substituents is 1. The van der Waals surface area contributed by atoms with Crippen molar-refractivity contribution in [3.63, 3.8) is 0 Å². The van der Waals surface area contributed by atoms with Crippen molar-refractivity contribution < 1.29 is 23.8 Å². The molecule has 3 aromatic rings. The van der Waals surface area contributed by atoms with E-state index in [2.05, 4.69) is 21.2 Å². The number of nitrogen functional groups attached to an aromatic ring is 1. The summed E-state index contributed by atoms with van der Waals surface area (Å²) in [7, 11) is 0. The molecule has 1 heterocycles. The second-order valence-electron chi connectivity index (χ2n) is 7.90. The van der Waals surface area contributed by atoms with E-state index in [0.29, 0.717) is 28.8 Å². The van der Waals surface area contributed by atoms with Gasteiger partial charge in [0.1, 0.15) is 17.6 Å². The number of hydrazine groups is 1. The van der Waals surface area contributed by atoms with E-state index in [4.69, 9.17) is 15.9 Å². The van der Waals surface area contributed by atoms with Gasteiger partial charge in [0.25, 0.3) is 11.8 Å². The number of aryl methyl sites for hydroxylation is 1. The van der Waals surface area contributed by atoms with E-state index >= 15 is 4.39 Å². The Bertz CT molecular complexity index is 1270. The summed E-state index contributed by atoms with van der Waals surface area (Å²) in [4.78, 5) is 29.7. The molecule has 0 bridgehead atoms. The zero-order chi connectivity index (χ0) is 26.2. The summed E-state index contributed by atoms with van der Waals surface area (Å²) in [5, 5.41) is 20.6. The molecule has 0 aliphatic heterocycles. The molecule has 2 aromatic carbocycles. The Hall–Kier alpha value is -4.67. The van der Waals surface area contributed by atoms with Gasteiger partial charge in [-0.15, -0.1) is 0 Å². The fourth-order valence-corrected chi connectivity index (χ4v) is 3.31. The van der Waals surface area contributed by atoms with Crippen LogP contribution in [0.5, 0.6) is 11.5 Å². The summed E-state index contributed by atoms with van der Waals surface area (Å²) < 4.78 is 20.8. The molecule has 10 nitrogen and oxygen atoms in total. The molecule has 0 saturated carbocycles. The molecule has 0 radical (unpaired) electrons. The van der Waals surface area contributed by atoms with Gasteiger partial charge in [0.05, 0.1) is 6.61 Å². The van der Waals surface area contributed by atoms with Gasteiger partial charge in [-0.3, -0.25) is 30.8 Å². The molecule has 0 saturated heterocycles. The van der Waals surface area contributed by atoms with Crippen LogP contribution >= 0.6 is 0 Å². The number of pyridine rings is 1. The van der Waals surface area contributed by atoms with Crippen molar-refractivity contribution in [3.8, 4) is 11.5 Å². The number of hydrogen-bond donors (Lipinski definition) is 6. The molecule has 2 amide bonds. The van der Waals surface area contributed by atoms with Gasteiger partial charge in [-0.05, 0) is 55.3 Å². The second kappa shape index (κ2) is 11.6. The fraction of sp³-hybridized carbons (Fsp3) is 0.200. The number of halogens is 1. The van der Waals surface area contributed by atoms with E-state index in [1.807, 2.05) is 6.92 Å². The van der Waals surface area contributed by atoms with E-state index < -0.39 is 23.7 Å². The van der Waals surface area contributed by atoms with E-state index in [-0.39, 0.29) is 29.5 Å². The molecule has 0 aliphatic rings. The van der Waals surface area contributed by atoms with Crippen LogP contribution in [0, 0.1) is 18.2 Å². The minimum Gasteiger partial charge on any atom is -0.508 e. The van der Waals surface area contributed by atoms with Gasteiger partial charge in [-0.25, -0.2) is 4.39 Å². The first-order valence-electron chi connectivity index (χ1n) is 11.1. The summed E-state index contributed by atoms with van der Waals surface area (Å²) in [6.07, 6.45) is 3.56. The molecule has 0 fully saturated rings. The quantitative estimate of drug-likeness (QED) is 0.151. The number of carbonyl (C=O) groups is 2. The van der Waals surface area contributed by atoms with E-state index in [1.165, 1.54) is 18.5 Å². The number of benzene rings is 2. The average molecular weight is 495 g/mol. The van der Waals surface area contributed by atoms with E-state index in [1.54, 1.807) is 31.2 Å². The van der Waals surface area contributed by atoms with Gasteiger partial charge >= 0.3 is 0 Å². The summed E-state index contributed by atoms with van der Waals surface area (Å²) in [6, 6.07) is 8.57. The highest BCUT2D eigenvalue weighted by molar-refractivity contribution is 5.97. The maximum atomic E-state index is 15.4. The minimum atomic E-state index is -1.39. The predicted molar refractivity (Wildman–Crippen MR) is 132 cm³/mol. The number of nitrogens with one attached hydrogen (secondary N) is 4. The molecule has 36 heavy (non-hydrogen) atoms. The predicted octanol–water partition coefficient (Wildman–Crippen LogP) is 2.92. The number of aromatic nitrogens is 1. The highest BCUT2D eigenvalue weighted by Crippen LogP contribution is 2.32. The third kappa shape index (κ3) is 6.26. The number of aromatic hydroxyl groups is 1. The van der Waals surface area contributed by atoms with E-state index in [0.717, 1.165) is 12.1 Å². The topological polar surface area (TPSA) is 162 Å². The number of amides is 2. The lowest BCUT2D eigenvalue weighted by Gasteiger charge is -2.22. The number of nitrogens with two attached hydrogens (primary N) is 1. The summed E-state index contributed by atoms with van der Waals surface area (Å²) in [6.45, 7) is 3.74. The van der Waals surface area contributed by atoms with Crippen LogP contribution in [0.1, 0.15) is 46.4 Å². The molecule has 11 heteroatoms. The SMILES string of the molecule is CCCOc1cc(O)cc(C(Nc2ccc(C(=N)N)cc2)C(=O)NNC(=O)c2ccncc2C)c1F. The van der Waals surface area contributed by atoms with Crippen LogP contribution in [0.3, 0.4) is 0 Å². The maximum Gasteiger partial charge on any atom is 0.270 e. The molecule has 7 N–H and O–H groups in total. The van der Waals surface area contributed by atoms with Crippen LogP contribution in [-0.4, -0.2) is 34.3 Å². The average Bonchev–Trinajstić information content (AvgIpc) is 2.86. The number of hydrogen-bond acceptors (Lipinski definition) is 7. The summed E-state index contributed by atoms with van der Waals surface area (Å²) in [5.74, 6) is -2.89. The van der Waals surface area contributed by atoms with Crippen LogP contribution in [0.15, 0.2) is 54.9 Å². The Balaban J connectivity index is 1.92. The third-order valence-corrected chi connectivity index (χ3v) is 5.16. The van der Waals surface area contributed by atoms with Crippen LogP contribution in [-0.2, 0) is 4.79 Å². The Labute approximate surface area is 207 Å². The fourth-order valence-electron chi connectivity index (χ4n) is 3.31. The number of amidine groups is 1. The lowest BCUT2D eigenvalue weighted by molar-refractivity contribution is -0.122. The van der Waals surface area contributed by atoms with E-state index in [9.17, 15) is 14.7 Å². The van der Waals surface area contributed by atoms with Crippen molar-refractivity contribution >= 4 is 23.3 Å². The minimum absolute atomic E-state index is 0.137. The molecule has 1 unspecified atom stereocenters. The van der Waals surface area contributed by atoms with Crippen LogP contribution in [0.2, 0.25) is 0 Å². The molecule has 1 aromatic heterocycles. The van der Waals surface area contributed by atoms with Crippen molar-refractivity contribution in [1.29, 1.82) is 5.41 Å². The zero-order valence-electron chi connectivity index (χ0n) is 19.8. The van der Waals surface area contributed by atoms with Crippen LogP contribution < -0.4 is 26.6 Å². The van der Waals surface area contributed by atoms with Gasteiger partial charge < -0.3 is 20.9 Å². The number of carbonyl (C=O) groups excluding carboxylic acids is 2. The highest BCUT2D eigenvalue weighted by Gasteiger charge is 2.27. The first-order chi connectivity index (χ1) is 17.2. The Morgan fingerprint density at radius 2 is 1.92 bits per heavy atom. The van der Waals surface area contributed by atoms with Gasteiger partial charge in [-0.1, -0.05) is 6.92 Å². The highest BCUT2D eigenvalue weighted by atomic mass is 19.1. The second-order valence-corrected chi connectivity index (χ2v) is 7.90. The lowest BCUT2D eigenvalue weighted by Crippen LogP contribution is -2.45. The number of anilines is 1. The smallest absolute Gasteiger partial charge is 0.270 e. The maximum absolute atomic E-state index is 15.4. The van der Waals surface area contributed by atoms with Crippen molar-refractivity contribution in [2.45, 2.75) is 26.3 Å².